The first-order chi connectivity index (χ1) is 12.2. The second kappa shape index (κ2) is 6.63. The number of nitrogens with zero attached hydrogens (tertiary/aromatic N) is 1. The summed E-state index contributed by atoms with van der Waals surface area (Å²) < 4.78 is 0. The molecule has 1 atom stereocenters. The van der Waals surface area contributed by atoms with Crippen LogP contribution < -0.4 is 5.32 Å². The van der Waals surface area contributed by atoms with Crippen molar-refractivity contribution in [2.45, 2.75) is 37.9 Å². The van der Waals surface area contributed by atoms with Gasteiger partial charge in [-0.15, -0.1) is 0 Å². The van der Waals surface area contributed by atoms with E-state index in [1.807, 2.05) is 23.1 Å². The number of benzene rings is 2. The first kappa shape index (κ1) is 15.8. The van der Waals surface area contributed by atoms with Crippen LogP contribution in [0.4, 0.5) is 0 Å². The summed E-state index contributed by atoms with van der Waals surface area (Å²) in [6.45, 7) is 0. The minimum Gasteiger partial charge on any atom is -0.502 e. The molecule has 2 aromatic carbocycles. The van der Waals surface area contributed by atoms with E-state index in [9.17, 15) is 9.90 Å². The molecule has 0 spiro atoms. The van der Waals surface area contributed by atoms with Crippen molar-refractivity contribution >= 4 is 5.91 Å². The molecule has 1 aliphatic carbocycles. The molecule has 1 aliphatic heterocycles. The van der Waals surface area contributed by atoms with Gasteiger partial charge in [0.2, 0.25) is 0 Å². The Labute approximate surface area is 147 Å². The van der Waals surface area contributed by atoms with E-state index in [-0.39, 0.29) is 23.9 Å². The van der Waals surface area contributed by atoms with Crippen LogP contribution >= 0.6 is 0 Å². The number of nitrogens with one attached hydrogen (secondary N) is 1. The lowest BCUT2D eigenvalue weighted by Gasteiger charge is -2.39. The number of amides is 1. The number of hydrogen-bond donors (Lipinski definition) is 2. The number of hydrogen-bond acceptors (Lipinski definition) is 3. The topological polar surface area (TPSA) is 52.6 Å². The molecule has 4 rings (SSSR count). The number of aliphatic hydroxyl groups is 1. The van der Waals surface area contributed by atoms with Gasteiger partial charge in [-0.3, -0.25) is 4.79 Å². The fourth-order valence-electron chi connectivity index (χ4n) is 3.85. The maximum absolute atomic E-state index is 12.6. The standard InChI is InChI=1S/C21H22N2O2/c24-19-14-22-20(23(21(19)25)18-8-4-5-9-18)17-12-10-16(11-13-17)15-6-2-1-3-7-15/h1-3,6-7,10-14,18,20,22,24H,4-5,8-9H2. The molecule has 25 heavy (non-hydrogen) atoms. The lowest BCUT2D eigenvalue weighted by atomic mass is 10.0. The Morgan fingerprint density at radius 2 is 1.56 bits per heavy atom. The molecule has 0 radical (unpaired) electrons. The summed E-state index contributed by atoms with van der Waals surface area (Å²) in [4.78, 5) is 14.4. The van der Waals surface area contributed by atoms with E-state index < -0.39 is 0 Å². The second-order valence-electron chi connectivity index (χ2n) is 6.74. The van der Waals surface area contributed by atoms with Crippen LogP contribution in [0.15, 0.2) is 66.6 Å². The highest BCUT2D eigenvalue weighted by Crippen LogP contribution is 2.33. The summed E-state index contributed by atoms with van der Waals surface area (Å²) in [7, 11) is 0. The van der Waals surface area contributed by atoms with Gasteiger partial charge < -0.3 is 15.3 Å². The predicted octanol–water partition coefficient (Wildman–Crippen LogP) is 4.13. The van der Waals surface area contributed by atoms with Gasteiger partial charge in [-0.2, -0.15) is 0 Å². The molecule has 2 aromatic rings. The average molecular weight is 334 g/mol. The van der Waals surface area contributed by atoms with E-state index in [2.05, 4.69) is 41.7 Å². The molecule has 1 heterocycles. The molecule has 1 saturated carbocycles. The SMILES string of the molecule is O=C1C(O)=CNC(c2ccc(-c3ccccc3)cc2)N1C1CCCC1. The molecule has 2 N–H and O–H groups in total. The molecule has 4 heteroatoms. The van der Waals surface area contributed by atoms with Crippen LogP contribution in [0.1, 0.15) is 37.4 Å². The number of carbonyl (C=O) groups is 1. The van der Waals surface area contributed by atoms with E-state index in [0.29, 0.717) is 0 Å². The zero-order valence-electron chi connectivity index (χ0n) is 14.1. The predicted molar refractivity (Wildman–Crippen MR) is 97.6 cm³/mol. The molecule has 0 bridgehead atoms. The summed E-state index contributed by atoms with van der Waals surface area (Å²) in [5.41, 5.74) is 3.35. The van der Waals surface area contributed by atoms with Crippen molar-refractivity contribution in [1.82, 2.24) is 10.2 Å². The maximum Gasteiger partial charge on any atom is 0.292 e. The molecule has 0 saturated heterocycles. The highest BCUT2D eigenvalue weighted by atomic mass is 16.3. The maximum atomic E-state index is 12.6. The van der Waals surface area contributed by atoms with E-state index in [0.717, 1.165) is 36.8 Å². The number of carbonyl (C=O) groups excluding carboxylic acids is 1. The number of rotatable bonds is 3. The van der Waals surface area contributed by atoms with E-state index >= 15 is 0 Å². The van der Waals surface area contributed by atoms with Gasteiger partial charge in [-0.1, -0.05) is 67.4 Å². The Balaban J connectivity index is 1.64. The van der Waals surface area contributed by atoms with Gasteiger partial charge in [0.25, 0.3) is 5.91 Å². The summed E-state index contributed by atoms with van der Waals surface area (Å²) in [5, 5.41) is 13.1. The molecular formula is C21H22N2O2. The number of aliphatic hydroxyl groups excluding tert-OH is 1. The molecule has 0 aromatic heterocycles. The summed E-state index contributed by atoms with van der Waals surface area (Å²) >= 11 is 0. The van der Waals surface area contributed by atoms with Crippen LogP contribution in [0.2, 0.25) is 0 Å². The van der Waals surface area contributed by atoms with Gasteiger partial charge in [0.15, 0.2) is 5.76 Å². The lowest BCUT2D eigenvalue weighted by Crippen LogP contribution is -2.49. The van der Waals surface area contributed by atoms with Crippen molar-refractivity contribution < 1.29 is 9.90 Å². The highest BCUT2D eigenvalue weighted by molar-refractivity contribution is 5.92. The molecule has 1 amide bonds. The normalized spacial score (nSPS) is 21.1. The van der Waals surface area contributed by atoms with Gasteiger partial charge in [-0.25, -0.2) is 0 Å². The van der Waals surface area contributed by atoms with Gasteiger partial charge >= 0.3 is 0 Å². The molecule has 2 aliphatic rings. The third-order valence-electron chi connectivity index (χ3n) is 5.16. The summed E-state index contributed by atoms with van der Waals surface area (Å²) in [6.07, 6.45) is 5.47. The Morgan fingerprint density at radius 1 is 0.920 bits per heavy atom. The molecule has 1 unspecified atom stereocenters. The van der Waals surface area contributed by atoms with Crippen LogP contribution in [0.3, 0.4) is 0 Å². The Bertz CT molecular complexity index is 777. The minimum atomic E-state index is -0.275. The molecule has 128 valence electrons. The van der Waals surface area contributed by atoms with Crippen molar-refractivity contribution in [3.05, 3.63) is 72.1 Å². The molecular weight excluding hydrogens is 312 g/mol. The monoisotopic (exact) mass is 334 g/mol. The van der Waals surface area contributed by atoms with Gasteiger partial charge in [0, 0.05) is 12.2 Å². The van der Waals surface area contributed by atoms with Crippen LogP contribution in [-0.4, -0.2) is 22.0 Å². The smallest absolute Gasteiger partial charge is 0.292 e. The van der Waals surface area contributed by atoms with Crippen molar-refractivity contribution in [1.29, 1.82) is 0 Å². The zero-order chi connectivity index (χ0) is 17.2. The molecule has 4 nitrogen and oxygen atoms in total. The van der Waals surface area contributed by atoms with Crippen LogP contribution in [0, 0.1) is 0 Å². The van der Waals surface area contributed by atoms with Crippen molar-refractivity contribution in [2.75, 3.05) is 0 Å². The Hall–Kier alpha value is -2.75. The van der Waals surface area contributed by atoms with Gasteiger partial charge in [0.1, 0.15) is 6.17 Å². The summed E-state index contributed by atoms with van der Waals surface area (Å²) in [6, 6.07) is 18.7. The third-order valence-corrected chi connectivity index (χ3v) is 5.16. The largest absolute Gasteiger partial charge is 0.502 e. The van der Waals surface area contributed by atoms with Crippen molar-refractivity contribution in [2.24, 2.45) is 0 Å². The van der Waals surface area contributed by atoms with Crippen LogP contribution in [0.5, 0.6) is 0 Å². The first-order valence-corrected chi connectivity index (χ1v) is 8.87. The fraction of sp³-hybridized carbons (Fsp3) is 0.286. The van der Waals surface area contributed by atoms with Crippen molar-refractivity contribution in [3.8, 4) is 11.1 Å². The summed E-state index contributed by atoms with van der Waals surface area (Å²) in [5.74, 6) is -0.480. The molecule has 1 fully saturated rings. The van der Waals surface area contributed by atoms with E-state index in [1.165, 1.54) is 11.8 Å². The Morgan fingerprint density at radius 3 is 2.24 bits per heavy atom. The average Bonchev–Trinajstić information content (AvgIpc) is 3.19. The lowest BCUT2D eigenvalue weighted by molar-refractivity contribution is -0.137. The zero-order valence-corrected chi connectivity index (χ0v) is 14.1. The van der Waals surface area contributed by atoms with E-state index in [4.69, 9.17) is 0 Å². The van der Waals surface area contributed by atoms with Crippen molar-refractivity contribution in [3.63, 3.8) is 0 Å². The third kappa shape index (κ3) is 3.00. The first-order valence-electron chi connectivity index (χ1n) is 8.87. The van der Waals surface area contributed by atoms with Gasteiger partial charge in [0.05, 0.1) is 0 Å². The Kier molecular flexibility index (Phi) is 4.18. The highest BCUT2D eigenvalue weighted by Gasteiger charge is 2.37. The fourth-order valence-corrected chi connectivity index (χ4v) is 3.85. The van der Waals surface area contributed by atoms with Gasteiger partial charge in [-0.05, 0) is 29.5 Å². The second-order valence-corrected chi connectivity index (χ2v) is 6.74. The quantitative estimate of drug-likeness (QED) is 0.887. The van der Waals surface area contributed by atoms with Crippen LogP contribution in [-0.2, 0) is 4.79 Å². The minimum absolute atomic E-state index is 0.189. The van der Waals surface area contributed by atoms with Crippen LogP contribution in [0.25, 0.3) is 11.1 Å². The van der Waals surface area contributed by atoms with E-state index in [1.54, 1.807) is 0 Å².